The lowest BCUT2D eigenvalue weighted by Crippen LogP contribution is -2.73. The van der Waals surface area contributed by atoms with Crippen LogP contribution in [0.5, 0.6) is 0 Å². The first-order valence-electron chi connectivity index (χ1n) is 19.6. The van der Waals surface area contributed by atoms with Gasteiger partial charge in [0.15, 0.2) is 8.07 Å². The van der Waals surface area contributed by atoms with E-state index in [0.717, 1.165) is 11.4 Å². The fraction of sp³-hybridized carbons (Fsp3) is 0. The van der Waals surface area contributed by atoms with Crippen LogP contribution in [0.25, 0.3) is 21.9 Å². The molecule has 0 radical (unpaired) electrons. The van der Waals surface area contributed by atoms with Crippen LogP contribution in [-0.4, -0.2) is 14.8 Å². The standard InChI is InChI=1S/C52H35BN2Si/c1-5-20-38(21-6-1)54-46-29-17-30-47-52(46)53(44-32-36-18-13-14-19-37(36)33-48(44)54)45-35-51-43(34-49(45)55(47)39-22-7-2-8-23-39)42-28-15-16-31-50(42)56(51,40-24-9-3-10-25-40)41-26-11-4-12-27-41/h1-35H. The van der Waals surface area contributed by atoms with E-state index in [1.54, 1.807) is 0 Å². The molecule has 2 nitrogen and oxygen atoms in total. The van der Waals surface area contributed by atoms with Crippen LogP contribution in [0.2, 0.25) is 0 Å². The molecule has 0 bridgehead atoms. The van der Waals surface area contributed by atoms with Gasteiger partial charge in [-0.25, -0.2) is 0 Å². The maximum absolute atomic E-state index is 2.75. The molecule has 0 aliphatic carbocycles. The zero-order valence-electron chi connectivity index (χ0n) is 30.7. The highest BCUT2D eigenvalue weighted by molar-refractivity contribution is 7.22. The lowest BCUT2D eigenvalue weighted by atomic mass is 9.33. The van der Waals surface area contributed by atoms with Crippen molar-refractivity contribution in [3.8, 4) is 11.1 Å². The van der Waals surface area contributed by atoms with Crippen molar-refractivity contribution in [1.82, 2.24) is 0 Å². The molecule has 4 heteroatoms. The molecule has 9 aromatic rings. The molecule has 0 saturated carbocycles. The molecule has 0 atom stereocenters. The fourth-order valence-corrected chi connectivity index (χ4v) is 15.5. The van der Waals surface area contributed by atoms with E-state index in [-0.39, 0.29) is 6.71 Å². The third-order valence-corrected chi connectivity index (χ3v) is 17.3. The molecular formula is C52H35BN2Si. The molecule has 9 aromatic carbocycles. The van der Waals surface area contributed by atoms with Gasteiger partial charge in [-0.3, -0.25) is 0 Å². The van der Waals surface area contributed by atoms with Crippen LogP contribution >= 0.6 is 0 Å². The first-order valence-corrected chi connectivity index (χ1v) is 21.6. The van der Waals surface area contributed by atoms with E-state index in [2.05, 4.69) is 222 Å². The second-order valence-corrected chi connectivity index (χ2v) is 19.0. The lowest BCUT2D eigenvalue weighted by Gasteiger charge is -2.44. The van der Waals surface area contributed by atoms with Gasteiger partial charge >= 0.3 is 0 Å². The maximum atomic E-state index is 2.66. The van der Waals surface area contributed by atoms with Crippen molar-refractivity contribution in [2.45, 2.75) is 0 Å². The molecule has 0 spiro atoms. The van der Waals surface area contributed by atoms with Gasteiger partial charge in [-0.05, 0) is 108 Å². The summed E-state index contributed by atoms with van der Waals surface area (Å²) in [6, 6.07) is 79.8. The van der Waals surface area contributed by atoms with E-state index in [1.165, 1.54) is 81.8 Å². The van der Waals surface area contributed by atoms with Gasteiger partial charge in [0.1, 0.15) is 0 Å². The average Bonchev–Trinajstić information content (AvgIpc) is 3.56. The molecule has 12 rings (SSSR count). The molecule has 0 unspecified atom stereocenters. The summed E-state index contributed by atoms with van der Waals surface area (Å²) in [5, 5.41) is 8.27. The first kappa shape index (κ1) is 31.5. The predicted octanol–water partition coefficient (Wildman–Crippen LogP) is 8.28. The monoisotopic (exact) mass is 726 g/mol. The van der Waals surface area contributed by atoms with Gasteiger partial charge in [0, 0.05) is 34.1 Å². The minimum Gasteiger partial charge on any atom is -0.311 e. The summed E-state index contributed by atoms with van der Waals surface area (Å²) in [6.07, 6.45) is 0. The topological polar surface area (TPSA) is 6.48 Å². The van der Waals surface area contributed by atoms with Crippen molar-refractivity contribution in [1.29, 1.82) is 0 Å². The van der Waals surface area contributed by atoms with Crippen LogP contribution in [0.4, 0.5) is 34.1 Å². The fourth-order valence-electron chi connectivity index (χ4n) is 10.3. The SMILES string of the molecule is c1ccc(N2c3cc4c(cc3B3c5cc6ccccc6cc5N(c5ccccc5)c5cccc2c53)[Si](c2ccccc2)(c2ccccc2)c2ccccc2-4)cc1. The van der Waals surface area contributed by atoms with Crippen molar-refractivity contribution in [3.05, 3.63) is 212 Å². The predicted molar refractivity (Wildman–Crippen MR) is 241 cm³/mol. The van der Waals surface area contributed by atoms with Gasteiger partial charge in [0.2, 0.25) is 0 Å². The molecule has 3 aliphatic heterocycles. The molecule has 0 amide bonds. The number of nitrogens with zero attached hydrogens (tertiary/aromatic N) is 2. The van der Waals surface area contributed by atoms with Crippen molar-refractivity contribution < 1.29 is 0 Å². The number of anilines is 6. The van der Waals surface area contributed by atoms with Gasteiger partial charge in [-0.1, -0.05) is 164 Å². The largest absolute Gasteiger partial charge is 0.311 e. The summed E-state index contributed by atoms with van der Waals surface area (Å²) in [6.45, 7) is 0.0167. The number of benzene rings is 9. The highest BCUT2D eigenvalue weighted by atomic mass is 28.3. The Morgan fingerprint density at radius 3 is 1.43 bits per heavy atom. The summed E-state index contributed by atoms with van der Waals surface area (Å²) in [5.74, 6) is 0. The van der Waals surface area contributed by atoms with Crippen LogP contribution in [-0.2, 0) is 0 Å². The summed E-state index contributed by atoms with van der Waals surface area (Å²) in [5.41, 5.74) is 14.0. The average molecular weight is 727 g/mol. The van der Waals surface area contributed by atoms with Crippen molar-refractivity contribution in [3.63, 3.8) is 0 Å². The van der Waals surface area contributed by atoms with Crippen LogP contribution in [0, 0.1) is 0 Å². The molecule has 0 saturated heterocycles. The molecule has 3 heterocycles. The van der Waals surface area contributed by atoms with Crippen LogP contribution in [0.15, 0.2) is 212 Å². The number of hydrogen-bond acceptors (Lipinski definition) is 2. The van der Waals surface area contributed by atoms with E-state index < -0.39 is 8.07 Å². The Morgan fingerprint density at radius 1 is 0.339 bits per heavy atom. The van der Waals surface area contributed by atoms with Gasteiger partial charge in [-0.15, -0.1) is 0 Å². The minimum absolute atomic E-state index is 0.0167. The zero-order chi connectivity index (χ0) is 36.8. The van der Waals surface area contributed by atoms with Gasteiger partial charge in [0.25, 0.3) is 6.71 Å². The number of fused-ring (bicyclic) bond motifs is 8. The Labute approximate surface area is 328 Å². The second-order valence-electron chi connectivity index (χ2n) is 15.2. The molecule has 260 valence electrons. The van der Waals surface area contributed by atoms with E-state index in [4.69, 9.17) is 0 Å². The normalized spacial score (nSPS) is 14.1. The number of rotatable bonds is 4. The van der Waals surface area contributed by atoms with Gasteiger partial charge in [0.05, 0.1) is 0 Å². The molecule has 0 fully saturated rings. The Hall–Kier alpha value is -6.88. The minimum atomic E-state index is -2.75. The molecule has 0 aromatic heterocycles. The Kier molecular flexibility index (Phi) is 6.78. The Balaban J connectivity index is 1.24. The van der Waals surface area contributed by atoms with Gasteiger partial charge < -0.3 is 9.80 Å². The van der Waals surface area contributed by atoms with Crippen LogP contribution < -0.4 is 46.9 Å². The highest BCUT2D eigenvalue weighted by Gasteiger charge is 2.51. The third kappa shape index (κ3) is 4.28. The molecule has 0 N–H and O–H groups in total. The van der Waals surface area contributed by atoms with Crippen molar-refractivity contribution in [2.24, 2.45) is 0 Å². The maximum Gasteiger partial charge on any atom is 0.252 e. The summed E-state index contributed by atoms with van der Waals surface area (Å²) in [4.78, 5) is 5.04. The first-order chi connectivity index (χ1) is 27.8. The van der Waals surface area contributed by atoms with E-state index in [9.17, 15) is 0 Å². The molecule has 3 aliphatic rings. The van der Waals surface area contributed by atoms with Gasteiger partial charge in [-0.2, -0.15) is 0 Å². The van der Waals surface area contributed by atoms with E-state index in [0.29, 0.717) is 0 Å². The smallest absolute Gasteiger partial charge is 0.252 e. The van der Waals surface area contributed by atoms with Crippen LogP contribution in [0.1, 0.15) is 0 Å². The quantitative estimate of drug-likeness (QED) is 0.169. The molecule has 56 heavy (non-hydrogen) atoms. The summed E-state index contributed by atoms with van der Waals surface area (Å²) < 4.78 is 0. The summed E-state index contributed by atoms with van der Waals surface area (Å²) >= 11 is 0. The zero-order valence-corrected chi connectivity index (χ0v) is 31.7. The van der Waals surface area contributed by atoms with Crippen molar-refractivity contribution in [2.75, 3.05) is 9.80 Å². The van der Waals surface area contributed by atoms with Crippen LogP contribution in [0.3, 0.4) is 0 Å². The Morgan fingerprint density at radius 2 is 0.821 bits per heavy atom. The lowest BCUT2D eigenvalue weighted by molar-refractivity contribution is 1.26. The van der Waals surface area contributed by atoms with E-state index in [1.807, 2.05) is 0 Å². The number of para-hydroxylation sites is 2. The Bertz CT molecular complexity index is 2950. The second kappa shape index (κ2) is 12.1. The summed E-state index contributed by atoms with van der Waals surface area (Å²) in [7, 11) is -2.75. The third-order valence-electron chi connectivity index (χ3n) is 12.5. The van der Waals surface area contributed by atoms with E-state index >= 15 is 0 Å². The number of hydrogen-bond donors (Lipinski definition) is 0. The molecular weight excluding hydrogens is 691 g/mol. The van der Waals surface area contributed by atoms with Crippen molar-refractivity contribution >= 4 is 96.8 Å². The highest BCUT2D eigenvalue weighted by Crippen LogP contribution is 2.45.